The second-order valence-electron chi connectivity index (χ2n) is 10.9. The third kappa shape index (κ3) is 4.85. The highest BCUT2D eigenvalue weighted by Gasteiger charge is 2.43. The summed E-state index contributed by atoms with van der Waals surface area (Å²) in [5.41, 5.74) is 2.02. The van der Waals surface area contributed by atoms with Gasteiger partial charge in [-0.15, -0.1) is 0 Å². The lowest BCUT2D eigenvalue weighted by Gasteiger charge is -2.43. The van der Waals surface area contributed by atoms with Crippen molar-refractivity contribution < 1.29 is 27.8 Å². The Morgan fingerprint density at radius 1 is 1.11 bits per heavy atom. The van der Waals surface area contributed by atoms with Gasteiger partial charge in [0.15, 0.2) is 11.6 Å². The largest absolute Gasteiger partial charge is 0.390 e. The predicted molar refractivity (Wildman–Crippen MR) is 138 cm³/mol. The van der Waals surface area contributed by atoms with Gasteiger partial charge in [0.25, 0.3) is 5.92 Å². The van der Waals surface area contributed by atoms with Crippen molar-refractivity contribution in [3.63, 3.8) is 0 Å². The van der Waals surface area contributed by atoms with Crippen LogP contribution in [0.25, 0.3) is 10.9 Å². The Kier molecular flexibility index (Phi) is 7.57. The maximum absolute atomic E-state index is 15.8. The van der Waals surface area contributed by atoms with Crippen molar-refractivity contribution in [3.05, 3.63) is 70.4 Å². The van der Waals surface area contributed by atoms with Crippen LogP contribution in [0.3, 0.4) is 0 Å². The highest BCUT2D eigenvalue weighted by molar-refractivity contribution is 5.85. The minimum absolute atomic E-state index is 0.0790. The van der Waals surface area contributed by atoms with Gasteiger partial charge in [-0.05, 0) is 37.9 Å². The van der Waals surface area contributed by atoms with Gasteiger partial charge in [-0.3, -0.25) is 4.90 Å². The van der Waals surface area contributed by atoms with Gasteiger partial charge in [-0.1, -0.05) is 43.7 Å². The minimum Gasteiger partial charge on any atom is -0.390 e. The first kappa shape index (κ1) is 27.1. The molecular formula is C29H35F4N3O2. The number of likely N-dealkylation sites (tertiary alicyclic amines) is 1. The third-order valence-electron chi connectivity index (χ3n) is 8.18. The Labute approximate surface area is 220 Å². The Morgan fingerprint density at radius 3 is 2.55 bits per heavy atom. The standard InChI is InChI=1S/C29H35F4N3O2/c1-3-4-11-35-13-18(14-35)28(38)21-10-9-20(24(30)25(21)31)27-26-22(19-7-5-6-8-23(19)34-26)12-17(2)36(27)15-29(32,33)16-37/h5-10,17-18,27-28,34,37-38H,3-4,11-16H2,1-2H3/t17-,27-,28+/m1/s1. The van der Waals surface area contributed by atoms with E-state index in [0.717, 1.165) is 35.9 Å². The lowest BCUT2D eigenvalue weighted by Crippen LogP contribution is -2.50. The average molecular weight is 534 g/mol. The number of hydrogen-bond donors (Lipinski definition) is 3. The Balaban J connectivity index is 1.52. The zero-order chi connectivity index (χ0) is 27.2. The molecule has 2 aliphatic rings. The van der Waals surface area contributed by atoms with Gasteiger partial charge in [0.2, 0.25) is 0 Å². The molecule has 0 unspecified atom stereocenters. The molecule has 0 saturated carbocycles. The van der Waals surface area contributed by atoms with E-state index in [4.69, 9.17) is 0 Å². The van der Waals surface area contributed by atoms with E-state index in [1.165, 1.54) is 17.0 Å². The number of nitrogens with zero attached hydrogens (tertiary/aromatic N) is 2. The highest BCUT2D eigenvalue weighted by atomic mass is 19.3. The number of fused-ring (bicyclic) bond motifs is 3. The summed E-state index contributed by atoms with van der Waals surface area (Å²) < 4.78 is 60.3. The van der Waals surface area contributed by atoms with E-state index in [-0.39, 0.29) is 17.0 Å². The number of halogens is 4. The van der Waals surface area contributed by atoms with Gasteiger partial charge in [0.1, 0.15) is 6.61 Å². The predicted octanol–water partition coefficient (Wildman–Crippen LogP) is 5.18. The second-order valence-corrected chi connectivity index (χ2v) is 10.9. The molecule has 1 fully saturated rings. The second kappa shape index (κ2) is 10.6. The summed E-state index contributed by atoms with van der Waals surface area (Å²) >= 11 is 0. The zero-order valence-electron chi connectivity index (χ0n) is 21.7. The lowest BCUT2D eigenvalue weighted by molar-refractivity contribution is -0.0867. The third-order valence-corrected chi connectivity index (χ3v) is 8.18. The quantitative estimate of drug-likeness (QED) is 0.332. The number of nitrogens with one attached hydrogen (secondary N) is 1. The molecule has 206 valence electrons. The monoisotopic (exact) mass is 533 g/mol. The summed E-state index contributed by atoms with van der Waals surface area (Å²) in [6.07, 6.45) is 1.39. The Hall–Kier alpha value is -2.46. The number of aromatic amines is 1. The SMILES string of the molecule is CCCCN1CC([C@H](O)c2ccc([C@@H]3c4[nH]c5ccccc5c4C[C@@H](C)N3CC(F)(F)CO)c(F)c2F)C1. The number of para-hydroxylation sites is 1. The van der Waals surface area contributed by atoms with E-state index in [9.17, 15) is 19.0 Å². The number of H-pyrrole nitrogens is 1. The van der Waals surface area contributed by atoms with E-state index >= 15 is 8.78 Å². The van der Waals surface area contributed by atoms with Crippen LogP contribution in [0.1, 0.15) is 61.2 Å². The van der Waals surface area contributed by atoms with Gasteiger partial charge in [-0.2, -0.15) is 0 Å². The molecule has 0 amide bonds. The van der Waals surface area contributed by atoms with Crippen molar-refractivity contribution in [1.82, 2.24) is 14.8 Å². The summed E-state index contributed by atoms with van der Waals surface area (Å²) in [7, 11) is 0. The fraction of sp³-hybridized carbons (Fsp3) is 0.517. The van der Waals surface area contributed by atoms with Crippen molar-refractivity contribution in [1.29, 1.82) is 0 Å². The van der Waals surface area contributed by atoms with Crippen LogP contribution in [-0.2, 0) is 6.42 Å². The van der Waals surface area contributed by atoms with Crippen molar-refractivity contribution >= 4 is 10.9 Å². The maximum atomic E-state index is 15.8. The normalized spacial score (nSPS) is 22.0. The number of aliphatic hydroxyl groups excluding tert-OH is 2. The molecule has 38 heavy (non-hydrogen) atoms. The molecule has 1 saturated heterocycles. The molecule has 1 aromatic heterocycles. The van der Waals surface area contributed by atoms with Gasteiger partial charge >= 0.3 is 0 Å². The molecule has 3 heterocycles. The molecule has 2 aromatic carbocycles. The summed E-state index contributed by atoms with van der Waals surface area (Å²) in [6, 6.07) is 8.85. The van der Waals surface area contributed by atoms with E-state index in [2.05, 4.69) is 16.8 Å². The van der Waals surface area contributed by atoms with Crippen LogP contribution in [0.4, 0.5) is 17.6 Å². The van der Waals surface area contributed by atoms with Crippen LogP contribution in [0.2, 0.25) is 0 Å². The molecule has 9 heteroatoms. The summed E-state index contributed by atoms with van der Waals surface area (Å²) in [6.45, 7) is 3.87. The molecule has 5 rings (SSSR count). The number of unbranched alkanes of at least 4 members (excludes halogenated alkanes) is 1. The van der Waals surface area contributed by atoms with Gasteiger partial charge in [0, 0.05) is 52.8 Å². The summed E-state index contributed by atoms with van der Waals surface area (Å²) in [4.78, 5) is 6.88. The van der Waals surface area contributed by atoms with Crippen molar-refractivity contribution in [2.45, 2.75) is 57.2 Å². The van der Waals surface area contributed by atoms with Crippen LogP contribution in [0.15, 0.2) is 36.4 Å². The molecule has 2 aliphatic heterocycles. The van der Waals surface area contributed by atoms with Crippen LogP contribution in [0.5, 0.6) is 0 Å². The summed E-state index contributed by atoms with van der Waals surface area (Å²) in [5.74, 6) is -5.91. The molecule has 0 radical (unpaired) electrons. The van der Waals surface area contributed by atoms with Crippen LogP contribution < -0.4 is 0 Å². The first-order chi connectivity index (χ1) is 18.1. The number of alkyl halides is 2. The van der Waals surface area contributed by atoms with E-state index in [0.29, 0.717) is 25.2 Å². The number of benzene rings is 2. The smallest absolute Gasteiger partial charge is 0.283 e. The van der Waals surface area contributed by atoms with Gasteiger partial charge < -0.3 is 20.1 Å². The molecule has 5 nitrogen and oxygen atoms in total. The fourth-order valence-electron chi connectivity index (χ4n) is 6.05. The van der Waals surface area contributed by atoms with E-state index < -0.39 is 48.9 Å². The van der Waals surface area contributed by atoms with Crippen LogP contribution >= 0.6 is 0 Å². The van der Waals surface area contributed by atoms with Crippen LogP contribution in [0, 0.1) is 17.6 Å². The van der Waals surface area contributed by atoms with Crippen molar-refractivity contribution in [2.75, 3.05) is 32.8 Å². The first-order valence-corrected chi connectivity index (χ1v) is 13.4. The molecule has 3 aromatic rings. The van der Waals surface area contributed by atoms with Crippen molar-refractivity contribution in [2.24, 2.45) is 5.92 Å². The Morgan fingerprint density at radius 2 is 1.84 bits per heavy atom. The lowest BCUT2D eigenvalue weighted by atomic mass is 9.85. The topological polar surface area (TPSA) is 62.7 Å². The van der Waals surface area contributed by atoms with Crippen LogP contribution in [-0.4, -0.2) is 69.7 Å². The number of aliphatic hydroxyl groups is 2. The number of hydrogen-bond acceptors (Lipinski definition) is 4. The zero-order valence-corrected chi connectivity index (χ0v) is 21.7. The molecule has 3 atom stereocenters. The molecular weight excluding hydrogens is 498 g/mol. The number of aromatic nitrogens is 1. The maximum Gasteiger partial charge on any atom is 0.283 e. The van der Waals surface area contributed by atoms with Gasteiger partial charge in [0.05, 0.1) is 18.7 Å². The average Bonchev–Trinajstić information content (AvgIpc) is 3.23. The molecule has 0 aliphatic carbocycles. The summed E-state index contributed by atoms with van der Waals surface area (Å²) in [5, 5.41) is 21.0. The molecule has 0 bridgehead atoms. The first-order valence-electron chi connectivity index (χ1n) is 13.4. The van der Waals surface area contributed by atoms with E-state index in [1.54, 1.807) is 6.92 Å². The highest BCUT2D eigenvalue weighted by Crippen LogP contribution is 2.44. The van der Waals surface area contributed by atoms with Crippen molar-refractivity contribution in [3.8, 4) is 0 Å². The van der Waals surface area contributed by atoms with E-state index in [1.807, 2.05) is 24.3 Å². The Bertz CT molecular complexity index is 1290. The van der Waals surface area contributed by atoms with Gasteiger partial charge in [-0.25, -0.2) is 17.6 Å². The molecule has 0 spiro atoms. The molecule has 3 N–H and O–H groups in total. The minimum atomic E-state index is -3.42. The fourth-order valence-corrected chi connectivity index (χ4v) is 6.05. The number of rotatable bonds is 9.